The minimum atomic E-state index is -0.576. The van der Waals surface area contributed by atoms with Crippen LogP contribution in [-0.2, 0) is 22.7 Å². The van der Waals surface area contributed by atoms with Crippen LogP contribution in [0.15, 0.2) is 48.8 Å². The number of aromatic nitrogens is 2. The summed E-state index contributed by atoms with van der Waals surface area (Å²) in [7, 11) is 0. The Morgan fingerprint density at radius 3 is 2.41 bits per heavy atom. The molecule has 3 aromatic rings. The number of carbonyl (C=O) groups is 3. The zero-order chi connectivity index (χ0) is 31.8. The van der Waals surface area contributed by atoms with E-state index in [1.165, 1.54) is 22.4 Å². The fourth-order valence-electron chi connectivity index (χ4n) is 7.42. The van der Waals surface area contributed by atoms with Crippen molar-refractivity contribution < 1.29 is 14.4 Å². The van der Waals surface area contributed by atoms with Crippen molar-refractivity contribution in [1.29, 1.82) is 0 Å². The van der Waals surface area contributed by atoms with E-state index >= 15 is 0 Å². The first-order valence-corrected chi connectivity index (χ1v) is 16.8. The number of fused-ring (bicyclic) bond motifs is 1. The van der Waals surface area contributed by atoms with E-state index in [0.29, 0.717) is 41.5 Å². The minimum Gasteiger partial charge on any atom is -0.371 e. The number of halogens is 1. The van der Waals surface area contributed by atoms with Gasteiger partial charge in [0.15, 0.2) is 0 Å². The van der Waals surface area contributed by atoms with Crippen molar-refractivity contribution in [3.63, 3.8) is 0 Å². The van der Waals surface area contributed by atoms with Gasteiger partial charge in [-0.05, 0) is 98.5 Å². The van der Waals surface area contributed by atoms with Crippen molar-refractivity contribution in [3.05, 3.63) is 81.6 Å². The Labute approximate surface area is 274 Å². The van der Waals surface area contributed by atoms with Gasteiger partial charge in [0.25, 0.3) is 5.91 Å². The number of anilines is 2. The van der Waals surface area contributed by atoms with Crippen LogP contribution in [0.25, 0.3) is 0 Å². The lowest BCUT2D eigenvalue weighted by molar-refractivity contribution is -0.136. The lowest BCUT2D eigenvalue weighted by atomic mass is 9.87. The predicted molar refractivity (Wildman–Crippen MR) is 177 cm³/mol. The van der Waals surface area contributed by atoms with E-state index in [1.54, 1.807) is 17.3 Å². The molecule has 2 N–H and O–H groups in total. The third kappa shape index (κ3) is 6.46. The van der Waals surface area contributed by atoms with Gasteiger partial charge in [-0.2, -0.15) is 0 Å². The number of benzene rings is 2. The summed E-state index contributed by atoms with van der Waals surface area (Å²) in [6.07, 6.45) is 8.10. The number of rotatable bonds is 7. The minimum absolute atomic E-state index is 0.113. The quantitative estimate of drug-likeness (QED) is 0.359. The van der Waals surface area contributed by atoms with Gasteiger partial charge in [-0.1, -0.05) is 29.8 Å². The number of likely N-dealkylation sites (tertiary alicyclic amines) is 1. The molecule has 0 radical (unpaired) electrons. The largest absolute Gasteiger partial charge is 0.371 e. The maximum atomic E-state index is 13.1. The maximum absolute atomic E-state index is 13.1. The third-order valence-corrected chi connectivity index (χ3v) is 10.3. The molecule has 11 heteroatoms. The fourth-order valence-corrected chi connectivity index (χ4v) is 7.52. The van der Waals surface area contributed by atoms with Gasteiger partial charge >= 0.3 is 0 Å². The first kappa shape index (κ1) is 30.6. The second-order valence-electron chi connectivity index (χ2n) is 13.1. The lowest BCUT2D eigenvalue weighted by Gasteiger charge is -2.35. The summed E-state index contributed by atoms with van der Waals surface area (Å²) in [5, 5.41) is 6.36. The van der Waals surface area contributed by atoms with Crippen molar-refractivity contribution in [3.8, 4) is 0 Å². The van der Waals surface area contributed by atoms with Crippen LogP contribution in [0, 0.1) is 6.92 Å². The van der Waals surface area contributed by atoms with Crippen LogP contribution < -0.4 is 15.5 Å². The van der Waals surface area contributed by atoms with Gasteiger partial charge < -0.3 is 15.1 Å². The summed E-state index contributed by atoms with van der Waals surface area (Å²) in [6.45, 7) is 7.64. The number of amides is 3. The van der Waals surface area contributed by atoms with Crippen molar-refractivity contribution in [2.75, 3.05) is 36.4 Å². The Bertz CT molecular complexity index is 1630. The van der Waals surface area contributed by atoms with Gasteiger partial charge in [0.2, 0.25) is 17.8 Å². The van der Waals surface area contributed by atoms with Crippen LogP contribution in [-0.4, -0.2) is 75.8 Å². The summed E-state index contributed by atoms with van der Waals surface area (Å²) in [6, 6.07) is 12.9. The summed E-state index contributed by atoms with van der Waals surface area (Å²) >= 11 is 5.91. The van der Waals surface area contributed by atoms with Crippen LogP contribution in [0.5, 0.6) is 0 Å². The molecule has 3 amide bonds. The van der Waals surface area contributed by atoms with Crippen LogP contribution >= 0.6 is 11.6 Å². The van der Waals surface area contributed by atoms with Crippen molar-refractivity contribution in [1.82, 2.24) is 25.1 Å². The van der Waals surface area contributed by atoms with E-state index in [0.717, 1.165) is 64.0 Å². The Kier molecular flexibility index (Phi) is 8.66. The molecule has 10 nitrogen and oxygen atoms in total. The number of hydrogen-bond donors (Lipinski definition) is 2. The molecule has 0 aliphatic carbocycles. The van der Waals surface area contributed by atoms with Crippen LogP contribution in [0.3, 0.4) is 0 Å². The number of hydrogen-bond acceptors (Lipinski definition) is 8. The molecular formula is C35H40ClN7O3. The van der Waals surface area contributed by atoms with Crippen LogP contribution in [0.4, 0.5) is 11.6 Å². The number of nitrogens with one attached hydrogen (secondary N) is 2. The molecule has 5 heterocycles. The summed E-state index contributed by atoms with van der Waals surface area (Å²) in [5.74, 6) is 0.341. The smallest absolute Gasteiger partial charge is 0.255 e. The number of carbonyl (C=O) groups excluding carboxylic acids is 3. The molecule has 4 aliphatic heterocycles. The Morgan fingerprint density at radius 1 is 0.935 bits per heavy atom. The molecule has 0 spiro atoms. The van der Waals surface area contributed by atoms with Gasteiger partial charge in [0, 0.05) is 49.9 Å². The molecule has 7 rings (SSSR count). The average Bonchev–Trinajstić information content (AvgIpc) is 3.39. The van der Waals surface area contributed by atoms with Gasteiger partial charge in [-0.15, -0.1) is 0 Å². The van der Waals surface area contributed by atoms with Crippen molar-refractivity contribution >= 4 is 41.0 Å². The highest BCUT2D eigenvalue weighted by molar-refractivity contribution is 6.30. The van der Waals surface area contributed by atoms with Gasteiger partial charge in [-0.3, -0.25) is 24.6 Å². The zero-order valence-electron chi connectivity index (χ0n) is 26.2. The normalized spacial score (nSPS) is 21.4. The predicted octanol–water partition coefficient (Wildman–Crippen LogP) is 4.66. The molecule has 3 fully saturated rings. The van der Waals surface area contributed by atoms with E-state index in [9.17, 15) is 14.4 Å². The SMILES string of the molecule is Cc1cc(N2CCC(Nc3ncc(Cl)cn3)CC2)ccc1CN1CCC(c2ccc3c(c2)CN(C2CCC(=O)NC2=O)C3=O)CC1. The summed E-state index contributed by atoms with van der Waals surface area (Å²) in [5.41, 5.74) is 6.94. The molecule has 3 saturated heterocycles. The van der Waals surface area contributed by atoms with E-state index in [-0.39, 0.29) is 24.1 Å². The highest BCUT2D eigenvalue weighted by Gasteiger charge is 2.39. The van der Waals surface area contributed by atoms with E-state index < -0.39 is 6.04 Å². The fraction of sp³-hybridized carbons (Fsp3) is 0.457. The maximum Gasteiger partial charge on any atom is 0.255 e. The second kappa shape index (κ2) is 13.0. The zero-order valence-corrected chi connectivity index (χ0v) is 26.9. The first-order chi connectivity index (χ1) is 22.3. The summed E-state index contributed by atoms with van der Waals surface area (Å²) in [4.78, 5) is 52.3. The average molecular weight is 642 g/mol. The molecule has 1 atom stereocenters. The third-order valence-electron chi connectivity index (χ3n) is 10.1. The Hall–Kier alpha value is -4.02. The lowest BCUT2D eigenvalue weighted by Crippen LogP contribution is -2.52. The van der Waals surface area contributed by atoms with E-state index in [2.05, 4.69) is 67.7 Å². The van der Waals surface area contributed by atoms with Gasteiger partial charge in [0.05, 0.1) is 17.4 Å². The highest BCUT2D eigenvalue weighted by Crippen LogP contribution is 2.34. The van der Waals surface area contributed by atoms with Crippen LogP contribution in [0.2, 0.25) is 5.02 Å². The molecule has 1 unspecified atom stereocenters. The molecule has 1 aromatic heterocycles. The monoisotopic (exact) mass is 641 g/mol. The first-order valence-electron chi connectivity index (χ1n) is 16.4. The van der Waals surface area contributed by atoms with Crippen LogP contribution in [0.1, 0.15) is 77.1 Å². The van der Waals surface area contributed by atoms with E-state index in [1.807, 2.05) is 6.07 Å². The molecular weight excluding hydrogens is 602 g/mol. The van der Waals surface area contributed by atoms with Crippen molar-refractivity contribution in [2.24, 2.45) is 0 Å². The molecule has 4 aliphatic rings. The number of nitrogens with zero attached hydrogens (tertiary/aromatic N) is 5. The Balaban J connectivity index is 0.901. The van der Waals surface area contributed by atoms with E-state index in [4.69, 9.17) is 11.6 Å². The highest BCUT2D eigenvalue weighted by atomic mass is 35.5. The van der Waals surface area contributed by atoms with Gasteiger partial charge in [-0.25, -0.2) is 9.97 Å². The molecule has 46 heavy (non-hydrogen) atoms. The number of aryl methyl sites for hydroxylation is 1. The Morgan fingerprint density at radius 2 is 1.70 bits per heavy atom. The number of imide groups is 1. The molecule has 0 bridgehead atoms. The van der Waals surface area contributed by atoms with Crippen molar-refractivity contribution in [2.45, 2.75) is 76.5 Å². The molecule has 240 valence electrons. The van der Waals surface area contributed by atoms with Gasteiger partial charge in [0.1, 0.15) is 6.04 Å². The molecule has 2 aromatic carbocycles. The standard InChI is InChI=1S/C35H40ClN7O3/c1-22-16-29(42-14-10-28(11-15-42)39-35-37-18-27(36)19-38-35)4-2-25(22)20-41-12-8-23(9-13-41)24-3-5-30-26(17-24)21-43(34(30)46)31-6-7-32(44)40-33(31)45/h2-5,16-19,23,28,31H,6-15,20-21H2,1H3,(H,37,38,39)(H,40,44,45). The number of piperidine rings is 3. The summed E-state index contributed by atoms with van der Waals surface area (Å²) < 4.78 is 0. The topological polar surface area (TPSA) is 111 Å². The second-order valence-corrected chi connectivity index (χ2v) is 13.5. The molecule has 0 saturated carbocycles.